The number of benzene rings is 1. The van der Waals surface area contributed by atoms with Gasteiger partial charge in [-0.2, -0.15) is 0 Å². The van der Waals surface area contributed by atoms with Crippen LogP contribution >= 0.6 is 0 Å². The van der Waals surface area contributed by atoms with Crippen LogP contribution in [0.5, 0.6) is 0 Å². The summed E-state index contributed by atoms with van der Waals surface area (Å²) in [6.07, 6.45) is 5.01. The van der Waals surface area contributed by atoms with E-state index in [0.29, 0.717) is 12.1 Å². The van der Waals surface area contributed by atoms with Crippen molar-refractivity contribution < 1.29 is 0 Å². The third kappa shape index (κ3) is 4.92. The highest BCUT2D eigenvalue weighted by molar-refractivity contribution is 5.25. The first-order valence-electron chi connectivity index (χ1n) is 8.20. The predicted molar refractivity (Wildman–Crippen MR) is 87.0 cm³/mol. The number of nitrogens with one attached hydrogen (secondary N) is 2. The Balaban J connectivity index is 1.89. The molecule has 20 heavy (non-hydrogen) atoms. The summed E-state index contributed by atoms with van der Waals surface area (Å²) in [6.45, 7) is 9.17. The first-order chi connectivity index (χ1) is 9.65. The minimum Gasteiger partial charge on any atom is -0.317 e. The van der Waals surface area contributed by atoms with Crippen LogP contribution in [0, 0.1) is 5.92 Å². The fraction of sp³-hybridized carbons (Fsp3) is 0.667. The third-order valence-electron chi connectivity index (χ3n) is 4.19. The van der Waals surface area contributed by atoms with E-state index in [-0.39, 0.29) is 0 Å². The molecule has 0 saturated carbocycles. The third-order valence-corrected chi connectivity index (χ3v) is 4.19. The van der Waals surface area contributed by atoms with Crippen molar-refractivity contribution in [2.45, 2.75) is 58.5 Å². The lowest BCUT2D eigenvalue weighted by Gasteiger charge is -2.22. The van der Waals surface area contributed by atoms with E-state index < -0.39 is 0 Å². The Kier molecular flexibility index (Phi) is 6.06. The summed E-state index contributed by atoms with van der Waals surface area (Å²) in [5.74, 6) is 0.731. The molecule has 2 N–H and O–H groups in total. The molecule has 0 radical (unpaired) electrons. The highest BCUT2D eigenvalue weighted by atomic mass is 15.0. The normalized spacial score (nSPS) is 21.7. The molecule has 0 aromatic heterocycles. The quantitative estimate of drug-likeness (QED) is 0.856. The van der Waals surface area contributed by atoms with Crippen LogP contribution < -0.4 is 10.6 Å². The molecular formula is C18H30N2. The van der Waals surface area contributed by atoms with Crippen molar-refractivity contribution in [1.29, 1.82) is 0 Å². The molecule has 1 aliphatic rings. The summed E-state index contributed by atoms with van der Waals surface area (Å²) in [4.78, 5) is 0. The van der Waals surface area contributed by atoms with Gasteiger partial charge in [0.15, 0.2) is 0 Å². The first kappa shape index (κ1) is 15.5. The highest BCUT2D eigenvalue weighted by Gasteiger charge is 2.15. The Labute approximate surface area is 124 Å². The lowest BCUT2D eigenvalue weighted by Crippen LogP contribution is -2.32. The monoisotopic (exact) mass is 274 g/mol. The molecule has 112 valence electrons. The van der Waals surface area contributed by atoms with Crippen molar-refractivity contribution in [3.63, 3.8) is 0 Å². The zero-order chi connectivity index (χ0) is 14.4. The lowest BCUT2D eigenvalue weighted by molar-refractivity contribution is 0.421. The topological polar surface area (TPSA) is 24.1 Å². The van der Waals surface area contributed by atoms with Crippen molar-refractivity contribution in [3.05, 3.63) is 35.4 Å². The maximum absolute atomic E-state index is 3.80. The van der Waals surface area contributed by atoms with Crippen LogP contribution in [0.15, 0.2) is 24.3 Å². The lowest BCUT2D eigenvalue weighted by atomic mass is 9.99. The minimum absolute atomic E-state index is 0.450. The molecule has 0 amide bonds. The van der Waals surface area contributed by atoms with Crippen LogP contribution in [0.4, 0.5) is 0 Å². The zero-order valence-corrected chi connectivity index (χ0v) is 13.3. The molecule has 2 atom stereocenters. The largest absolute Gasteiger partial charge is 0.317 e. The average Bonchev–Trinajstić information content (AvgIpc) is 2.67. The molecule has 2 nitrogen and oxygen atoms in total. The van der Waals surface area contributed by atoms with Crippen molar-refractivity contribution in [1.82, 2.24) is 10.6 Å². The van der Waals surface area contributed by atoms with Gasteiger partial charge in [0.25, 0.3) is 0 Å². The second-order valence-electron chi connectivity index (χ2n) is 6.61. The van der Waals surface area contributed by atoms with E-state index in [1.165, 1.54) is 43.4 Å². The average molecular weight is 274 g/mol. The van der Waals surface area contributed by atoms with E-state index in [9.17, 15) is 0 Å². The Morgan fingerprint density at radius 2 is 1.85 bits per heavy atom. The summed E-state index contributed by atoms with van der Waals surface area (Å²) in [5, 5.41) is 7.27. The molecule has 0 spiro atoms. The summed E-state index contributed by atoms with van der Waals surface area (Å²) < 4.78 is 0. The Hall–Kier alpha value is -0.860. The maximum atomic E-state index is 3.80. The molecule has 1 heterocycles. The smallest absolute Gasteiger partial charge is 0.0294 e. The summed E-state index contributed by atoms with van der Waals surface area (Å²) in [6, 6.07) is 10.3. The van der Waals surface area contributed by atoms with E-state index in [1.54, 1.807) is 0 Å². The Morgan fingerprint density at radius 1 is 1.10 bits per heavy atom. The van der Waals surface area contributed by atoms with Gasteiger partial charge in [-0.1, -0.05) is 38.1 Å². The number of hydrogen-bond acceptors (Lipinski definition) is 2. The van der Waals surface area contributed by atoms with Crippen LogP contribution in [-0.4, -0.2) is 19.1 Å². The molecule has 1 aromatic carbocycles. The van der Waals surface area contributed by atoms with Gasteiger partial charge in [-0.25, -0.2) is 0 Å². The first-order valence-corrected chi connectivity index (χ1v) is 8.20. The van der Waals surface area contributed by atoms with E-state index in [0.717, 1.165) is 12.5 Å². The molecule has 1 fully saturated rings. The molecule has 0 aliphatic carbocycles. The van der Waals surface area contributed by atoms with Crippen LogP contribution in [0.1, 0.15) is 57.2 Å². The van der Waals surface area contributed by atoms with Gasteiger partial charge in [-0.05, 0) is 62.7 Å². The molecule has 2 unspecified atom stereocenters. The predicted octanol–water partition coefficient (Wildman–Crippen LogP) is 3.68. The second-order valence-corrected chi connectivity index (χ2v) is 6.61. The second kappa shape index (κ2) is 7.80. The molecule has 1 aliphatic heterocycles. The summed E-state index contributed by atoms with van der Waals surface area (Å²) in [7, 11) is 0. The van der Waals surface area contributed by atoms with Crippen molar-refractivity contribution in [3.8, 4) is 0 Å². The SMILES string of the molecule is CC(C)Cc1ccc(C(C)NC2CCCNCC2)cc1. The Bertz CT molecular complexity index is 375. The molecule has 2 rings (SSSR count). The van der Waals surface area contributed by atoms with Gasteiger partial charge in [-0.3, -0.25) is 0 Å². The van der Waals surface area contributed by atoms with Gasteiger partial charge in [0.1, 0.15) is 0 Å². The van der Waals surface area contributed by atoms with E-state index in [4.69, 9.17) is 0 Å². The van der Waals surface area contributed by atoms with Gasteiger partial charge < -0.3 is 10.6 Å². The zero-order valence-electron chi connectivity index (χ0n) is 13.3. The van der Waals surface area contributed by atoms with Crippen LogP contribution in [-0.2, 0) is 6.42 Å². The van der Waals surface area contributed by atoms with Gasteiger partial charge in [-0.15, -0.1) is 0 Å². The molecule has 1 aromatic rings. The molecule has 0 bridgehead atoms. The summed E-state index contributed by atoms with van der Waals surface area (Å²) >= 11 is 0. The van der Waals surface area contributed by atoms with Gasteiger partial charge >= 0.3 is 0 Å². The van der Waals surface area contributed by atoms with E-state index >= 15 is 0 Å². The van der Waals surface area contributed by atoms with Crippen molar-refractivity contribution >= 4 is 0 Å². The molecule has 2 heteroatoms. The van der Waals surface area contributed by atoms with Gasteiger partial charge in [0.2, 0.25) is 0 Å². The van der Waals surface area contributed by atoms with Crippen LogP contribution in [0.25, 0.3) is 0 Å². The van der Waals surface area contributed by atoms with Crippen molar-refractivity contribution in [2.75, 3.05) is 13.1 Å². The number of hydrogen-bond donors (Lipinski definition) is 2. The van der Waals surface area contributed by atoms with Crippen LogP contribution in [0.2, 0.25) is 0 Å². The molecular weight excluding hydrogens is 244 g/mol. The summed E-state index contributed by atoms with van der Waals surface area (Å²) in [5.41, 5.74) is 2.87. The van der Waals surface area contributed by atoms with Gasteiger partial charge in [0.05, 0.1) is 0 Å². The van der Waals surface area contributed by atoms with Crippen LogP contribution in [0.3, 0.4) is 0 Å². The van der Waals surface area contributed by atoms with Gasteiger partial charge in [0, 0.05) is 12.1 Å². The fourth-order valence-corrected chi connectivity index (χ4v) is 3.05. The number of rotatable bonds is 5. The molecule has 1 saturated heterocycles. The standard InChI is InChI=1S/C18H30N2/c1-14(2)13-16-6-8-17(9-7-16)15(3)20-18-5-4-11-19-12-10-18/h6-9,14-15,18-20H,4-5,10-13H2,1-3H3. The van der Waals surface area contributed by atoms with Crippen molar-refractivity contribution in [2.24, 2.45) is 5.92 Å². The van der Waals surface area contributed by atoms with E-state index in [1.807, 2.05) is 0 Å². The van der Waals surface area contributed by atoms with E-state index in [2.05, 4.69) is 55.7 Å². The minimum atomic E-state index is 0.450. The maximum Gasteiger partial charge on any atom is 0.0294 e. The fourth-order valence-electron chi connectivity index (χ4n) is 3.05. The highest BCUT2D eigenvalue weighted by Crippen LogP contribution is 2.18. The Morgan fingerprint density at radius 3 is 2.55 bits per heavy atom.